The van der Waals surface area contributed by atoms with Gasteiger partial charge >= 0.3 is 0 Å². The summed E-state index contributed by atoms with van der Waals surface area (Å²) in [5, 5.41) is 1.37. The van der Waals surface area contributed by atoms with E-state index in [0.717, 1.165) is 12.3 Å². The highest BCUT2D eigenvalue weighted by atomic mass is 32.1. The van der Waals surface area contributed by atoms with Gasteiger partial charge in [0, 0.05) is 17.3 Å². The van der Waals surface area contributed by atoms with E-state index in [4.69, 9.17) is 10.7 Å². The smallest absolute Gasteiger partial charge is 0.0962 e. The monoisotopic (exact) mass is 266 g/mol. The van der Waals surface area contributed by atoms with Crippen LogP contribution in [0.2, 0.25) is 0 Å². The van der Waals surface area contributed by atoms with Crippen LogP contribution in [-0.2, 0) is 13.0 Å². The predicted molar refractivity (Wildman–Crippen MR) is 79.0 cm³/mol. The molecule has 1 aromatic heterocycles. The summed E-state index contributed by atoms with van der Waals surface area (Å²) in [5.41, 5.74) is 7.12. The Labute approximate surface area is 115 Å². The molecule has 1 fully saturated rings. The summed E-state index contributed by atoms with van der Waals surface area (Å²) in [6.07, 6.45) is 9.06. The van der Waals surface area contributed by atoms with Crippen LogP contribution in [0.15, 0.2) is 0 Å². The molecule has 2 nitrogen and oxygen atoms in total. The van der Waals surface area contributed by atoms with E-state index in [2.05, 4.69) is 13.8 Å². The average Bonchev–Trinajstić information content (AvgIpc) is 2.82. The van der Waals surface area contributed by atoms with Gasteiger partial charge in [-0.3, -0.25) is 0 Å². The molecule has 102 valence electrons. The first-order valence-electron chi connectivity index (χ1n) is 7.46. The summed E-state index contributed by atoms with van der Waals surface area (Å²) in [6.45, 7) is 5.20. The normalized spacial score (nSPS) is 24.4. The van der Waals surface area contributed by atoms with Crippen LogP contribution in [0.3, 0.4) is 0 Å². The Hall–Kier alpha value is -0.410. The molecule has 1 saturated carbocycles. The fraction of sp³-hybridized carbons (Fsp3) is 0.800. The van der Waals surface area contributed by atoms with Gasteiger partial charge in [0.2, 0.25) is 0 Å². The van der Waals surface area contributed by atoms with Gasteiger partial charge in [-0.05, 0) is 25.2 Å². The van der Waals surface area contributed by atoms with Crippen LogP contribution in [0.1, 0.15) is 73.9 Å². The van der Waals surface area contributed by atoms with Crippen LogP contribution >= 0.6 is 11.3 Å². The third-order valence-corrected chi connectivity index (χ3v) is 5.46. The van der Waals surface area contributed by atoms with Crippen LogP contribution in [0.25, 0.3) is 0 Å². The minimum Gasteiger partial charge on any atom is -0.326 e. The molecule has 1 aliphatic rings. The first-order valence-corrected chi connectivity index (χ1v) is 8.28. The Morgan fingerprint density at radius 3 is 2.83 bits per heavy atom. The molecule has 1 aliphatic carbocycles. The van der Waals surface area contributed by atoms with E-state index < -0.39 is 0 Å². The second kappa shape index (κ2) is 6.67. The van der Waals surface area contributed by atoms with Crippen molar-refractivity contribution in [3.05, 3.63) is 15.6 Å². The Kier molecular flexibility index (Phi) is 5.19. The molecule has 2 atom stereocenters. The largest absolute Gasteiger partial charge is 0.326 e. The molecule has 2 rings (SSSR count). The van der Waals surface area contributed by atoms with Gasteiger partial charge in [0.05, 0.1) is 10.7 Å². The Morgan fingerprint density at radius 1 is 1.33 bits per heavy atom. The number of hydrogen-bond donors (Lipinski definition) is 1. The Morgan fingerprint density at radius 2 is 2.17 bits per heavy atom. The zero-order valence-corrected chi connectivity index (χ0v) is 12.6. The average molecular weight is 266 g/mol. The maximum Gasteiger partial charge on any atom is 0.0962 e. The Balaban J connectivity index is 2.12. The second-order valence-electron chi connectivity index (χ2n) is 5.51. The molecule has 0 saturated heterocycles. The van der Waals surface area contributed by atoms with Crippen molar-refractivity contribution in [3.63, 3.8) is 0 Å². The molecule has 0 aromatic carbocycles. The third-order valence-electron chi connectivity index (χ3n) is 4.18. The summed E-state index contributed by atoms with van der Waals surface area (Å²) < 4.78 is 0. The third kappa shape index (κ3) is 3.12. The predicted octanol–water partition coefficient (Wildman–Crippen LogP) is 4.24. The maximum absolute atomic E-state index is 5.85. The van der Waals surface area contributed by atoms with Gasteiger partial charge in [0.15, 0.2) is 0 Å². The molecule has 3 heteroatoms. The van der Waals surface area contributed by atoms with Crippen molar-refractivity contribution in [2.45, 2.75) is 71.3 Å². The number of nitrogens with zero attached hydrogens (tertiary/aromatic N) is 1. The van der Waals surface area contributed by atoms with E-state index >= 15 is 0 Å². The van der Waals surface area contributed by atoms with Gasteiger partial charge in [-0.1, -0.05) is 39.5 Å². The van der Waals surface area contributed by atoms with Crippen molar-refractivity contribution in [1.82, 2.24) is 4.98 Å². The molecule has 2 N–H and O–H groups in total. The van der Waals surface area contributed by atoms with E-state index in [1.165, 1.54) is 54.1 Å². The lowest BCUT2D eigenvalue weighted by atomic mass is 9.80. The molecule has 0 spiro atoms. The van der Waals surface area contributed by atoms with Crippen LogP contribution in [-0.4, -0.2) is 4.98 Å². The molecule has 0 bridgehead atoms. The SMILES string of the molecule is CCCc1nc(C2CCCC(CC)C2)sc1CN. The van der Waals surface area contributed by atoms with Crippen molar-refractivity contribution in [2.75, 3.05) is 0 Å². The van der Waals surface area contributed by atoms with Gasteiger partial charge in [-0.25, -0.2) is 4.98 Å². The van der Waals surface area contributed by atoms with E-state index in [-0.39, 0.29) is 0 Å². The van der Waals surface area contributed by atoms with Crippen molar-refractivity contribution in [3.8, 4) is 0 Å². The highest BCUT2D eigenvalue weighted by Crippen LogP contribution is 2.39. The topological polar surface area (TPSA) is 38.9 Å². The van der Waals surface area contributed by atoms with Crippen molar-refractivity contribution >= 4 is 11.3 Å². The van der Waals surface area contributed by atoms with Gasteiger partial charge in [0.25, 0.3) is 0 Å². The summed E-state index contributed by atoms with van der Waals surface area (Å²) in [6, 6.07) is 0. The fourth-order valence-electron chi connectivity index (χ4n) is 3.06. The molecule has 1 aromatic rings. The summed E-state index contributed by atoms with van der Waals surface area (Å²) in [4.78, 5) is 6.23. The van der Waals surface area contributed by atoms with Gasteiger partial charge in [-0.15, -0.1) is 11.3 Å². The zero-order valence-electron chi connectivity index (χ0n) is 11.7. The number of nitrogens with two attached hydrogens (primary N) is 1. The first-order chi connectivity index (χ1) is 8.78. The molecular formula is C15H26N2S. The van der Waals surface area contributed by atoms with Gasteiger partial charge in [0.1, 0.15) is 0 Å². The number of aromatic nitrogens is 1. The second-order valence-corrected chi connectivity index (χ2v) is 6.63. The van der Waals surface area contributed by atoms with E-state index in [9.17, 15) is 0 Å². The maximum atomic E-state index is 5.85. The van der Waals surface area contributed by atoms with Crippen molar-refractivity contribution < 1.29 is 0 Å². The van der Waals surface area contributed by atoms with E-state index in [1.54, 1.807) is 0 Å². The zero-order chi connectivity index (χ0) is 13.0. The standard InChI is InChI=1S/C15H26N2S/c1-3-6-13-14(10-16)18-15(17-13)12-8-5-7-11(4-2)9-12/h11-12H,3-10,16H2,1-2H3. The lowest BCUT2D eigenvalue weighted by molar-refractivity contribution is 0.314. The molecule has 1 heterocycles. The van der Waals surface area contributed by atoms with Crippen LogP contribution in [0, 0.1) is 5.92 Å². The van der Waals surface area contributed by atoms with Crippen molar-refractivity contribution in [2.24, 2.45) is 11.7 Å². The lowest BCUT2D eigenvalue weighted by Gasteiger charge is -2.26. The number of rotatable bonds is 5. The molecular weight excluding hydrogens is 240 g/mol. The number of hydrogen-bond acceptors (Lipinski definition) is 3. The van der Waals surface area contributed by atoms with Crippen LogP contribution < -0.4 is 5.73 Å². The molecule has 18 heavy (non-hydrogen) atoms. The summed E-state index contributed by atoms with van der Waals surface area (Å²) in [5.74, 6) is 1.63. The summed E-state index contributed by atoms with van der Waals surface area (Å²) in [7, 11) is 0. The fourth-order valence-corrected chi connectivity index (χ4v) is 4.19. The molecule has 0 aliphatic heterocycles. The van der Waals surface area contributed by atoms with Crippen molar-refractivity contribution in [1.29, 1.82) is 0 Å². The number of thiazole rings is 1. The van der Waals surface area contributed by atoms with Crippen LogP contribution in [0.4, 0.5) is 0 Å². The van der Waals surface area contributed by atoms with E-state index in [1.807, 2.05) is 11.3 Å². The highest BCUT2D eigenvalue weighted by molar-refractivity contribution is 7.11. The number of aryl methyl sites for hydroxylation is 1. The first kappa shape index (κ1) is 14.0. The van der Waals surface area contributed by atoms with Gasteiger partial charge in [-0.2, -0.15) is 0 Å². The lowest BCUT2D eigenvalue weighted by Crippen LogP contribution is -2.13. The molecule has 0 amide bonds. The Bertz CT molecular complexity index is 373. The minimum atomic E-state index is 0.664. The van der Waals surface area contributed by atoms with Crippen LogP contribution in [0.5, 0.6) is 0 Å². The minimum absolute atomic E-state index is 0.664. The van der Waals surface area contributed by atoms with Gasteiger partial charge < -0.3 is 5.73 Å². The molecule has 2 unspecified atom stereocenters. The highest BCUT2D eigenvalue weighted by Gasteiger charge is 2.25. The van der Waals surface area contributed by atoms with E-state index in [0.29, 0.717) is 12.5 Å². The molecule has 0 radical (unpaired) electrons. The summed E-state index contributed by atoms with van der Waals surface area (Å²) >= 11 is 1.88. The quantitative estimate of drug-likeness (QED) is 0.866.